The van der Waals surface area contributed by atoms with Crippen LogP contribution in [0.5, 0.6) is 0 Å². The van der Waals surface area contributed by atoms with Gasteiger partial charge >= 0.3 is 0 Å². The molecule has 0 bridgehead atoms. The van der Waals surface area contributed by atoms with E-state index < -0.39 is 0 Å². The highest BCUT2D eigenvalue weighted by molar-refractivity contribution is 5.89. The van der Waals surface area contributed by atoms with E-state index in [0.29, 0.717) is 11.4 Å². The fourth-order valence-corrected chi connectivity index (χ4v) is 11.4. The quantitative estimate of drug-likeness (QED) is 0.101. The van der Waals surface area contributed by atoms with Gasteiger partial charge in [-0.05, 0) is 100 Å². The van der Waals surface area contributed by atoms with Gasteiger partial charge in [0.2, 0.25) is 5.56 Å². The molecule has 6 heterocycles. The predicted octanol–water partition coefficient (Wildman–Crippen LogP) is 19.5. The zero-order chi connectivity index (χ0) is 65.9. The molecule has 0 spiro atoms. The molecule has 11 nitrogen and oxygen atoms in total. The van der Waals surface area contributed by atoms with Crippen molar-refractivity contribution in [2.24, 2.45) is 7.05 Å². The summed E-state index contributed by atoms with van der Waals surface area (Å²) in [7, 11) is 2.00. The summed E-state index contributed by atoms with van der Waals surface area (Å²) < 4.78 is 15.7. The number of nitrogens with two attached hydrogens (primary N) is 1. The molecule has 1 aliphatic heterocycles. The molecule has 1 aliphatic rings. The number of halogens is 1. The Labute approximate surface area is 528 Å². The molecule has 0 saturated carbocycles. The van der Waals surface area contributed by atoms with Gasteiger partial charge in [-0.25, -0.2) is 9.37 Å². The summed E-state index contributed by atoms with van der Waals surface area (Å²) in [5.74, 6) is 0.417. The van der Waals surface area contributed by atoms with Crippen molar-refractivity contribution in [3.63, 3.8) is 0 Å². The molecule has 5 aromatic heterocycles. The number of benzene rings is 6. The number of fused-ring (bicyclic) bond motifs is 6. The maximum absolute atomic E-state index is 13.8. The van der Waals surface area contributed by atoms with E-state index in [9.17, 15) is 9.18 Å². The largest absolute Gasteiger partial charge is 0.384 e. The monoisotopic (exact) mass is 1200 g/mol. The molecule has 0 radical (unpaired) electrons. The number of para-hydroxylation sites is 2. The van der Waals surface area contributed by atoms with Crippen molar-refractivity contribution in [2.45, 2.75) is 178 Å². The van der Waals surface area contributed by atoms with Crippen LogP contribution in [0, 0.1) is 26.6 Å². The third-order valence-corrected chi connectivity index (χ3v) is 15.6. The highest BCUT2D eigenvalue weighted by Gasteiger charge is 2.26. The Kier molecular flexibility index (Phi) is 20.0. The van der Waals surface area contributed by atoms with Gasteiger partial charge in [0.15, 0.2) is 0 Å². The molecule has 0 saturated heterocycles. The predicted molar refractivity (Wildman–Crippen MR) is 378 cm³/mol. The number of hydrogen-bond donors (Lipinski definition) is 5. The van der Waals surface area contributed by atoms with Crippen LogP contribution in [0.1, 0.15) is 181 Å². The first-order valence-electron chi connectivity index (χ1n) is 30.8. The van der Waals surface area contributed by atoms with E-state index >= 15 is 0 Å². The highest BCUT2D eigenvalue weighted by atomic mass is 19.1. The zero-order valence-corrected chi connectivity index (χ0v) is 57.1. The fraction of sp³-hybridized carbons (Fsp3) is 0.364. The Morgan fingerprint density at radius 2 is 1.03 bits per heavy atom. The Morgan fingerprint density at radius 3 is 1.58 bits per heavy atom. The molecule has 0 atom stereocenters. The molecule has 0 fully saturated rings. The normalized spacial score (nSPS) is 12.6. The van der Waals surface area contributed by atoms with Crippen molar-refractivity contribution >= 4 is 71.8 Å². The van der Waals surface area contributed by atoms with Crippen LogP contribution in [0.25, 0.3) is 60.3 Å². The molecule has 6 aromatic carbocycles. The third-order valence-electron chi connectivity index (χ3n) is 15.6. The Morgan fingerprint density at radius 1 is 0.517 bits per heavy atom. The van der Waals surface area contributed by atoms with E-state index in [1.165, 1.54) is 61.4 Å². The van der Waals surface area contributed by atoms with Gasteiger partial charge in [-0.15, -0.1) is 0 Å². The molecule has 12 heteroatoms. The van der Waals surface area contributed by atoms with E-state index in [1.54, 1.807) is 12.1 Å². The molecule has 468 valence electrons. The Hall–Kier alpha value is -8.64. The van der Waals surface area contributed by atoms with Crippen LogP contribution < -0.4 is 16.6 Å². The number of allylic oxidation sites excluding steroid dienone is 1. The van der Waals surface area contributed by atoms with Crippen LogP contribution in [0.15, 0.2) is 151 Å². The molecular formula is C77H97FN10O. The number of aromatic amines is 3. The van der Waals surface area contributed by atoms with Gasteiger partial charge in [0.1, 0.15) is 11.6 Å². The number of anilines is 2. The number of rotatable bonds is 0. The lowest BCUT2D eigenvalue weighted by Gasteiger charge is -2.26. The number of nitrogens with one attached hydrogen (secondary N) is 4. The first kappa shape index (κ1) is 67.9. The first-order chi connectivity index (χ1) is 41.3. The molecule has 0 unspecified atom stereocenters. The van der Waals surface area contributed by atoms with Crippen molar-refractivity contribution in [2.75, 3.05) is 11.1 Å². The summed E-state index contributed by atoms with van der Waals surface area (Å²) in [6.45, 7) is 48.8. The lowest BCUT2D eigenvalue weighted by atomic mass is 9.82. The van der Waals surface area contributed by atoms with Crippen molar-refractivity contribution in [3.05, 3.63) is 218 Å². The van der Waals surface area contributed by atoms with Crippen LogP contribution >= 0.6 is 0 Å². The molecule has 11 aromatic rings. The van der Waals surface area contributed by atoms with Gasteiger partial charge in [-0.2, -0.15) is 15.3 Å². The summed E-state index contributed by atoms with van der Waals surface area (Å²) in [6, 6.07) is 42.2. The zero-order valence-electron chi connectivity index (χ0n) is 57.1. The molecule has 89 heavy (non-hydrogen) atoms. The van der Waals surface area contributed by atoms with Gasteiger partial charge in [0.25, 0.3) is 0 Å². The van der Waals surface area contributed by atoms with Crippen LogP contribution in [0.3, 0.4) is 0 Å². The standard InChI is InChI=1S/C14H17N.C13H18N2.C13H16N2.C13H15NO.C12H15FN2.C12H16N2/c1-10-8-9-11-6-5-7-12(13(11)15-10)14(2,3)4;1-8-6-7-10-9(2)14-15-12(10)11(8)13(3,4)5;1-13(2,3)12-10-7-5-4-6-9(10)8-11(14)15-12;1-13(2,3)12-10-7-5-4-6-9(10)8-11(15)14-12;1-7-8-5-6-9(13)10(12(2,3)4)11(8)15-14-7;1-12(2,3)11-9-7-5-6-8-10(9)14(4)13-11/h5-9,15H,1H2,2-4H3;6-7H,1-5H3,(H,14,15);4-8H,1-3H3,(H2,14,15);4-8H,1-3H3,(H,14,15);5-6H,1-4H3,(H,14,15);5-8H,1-4H3. The number of H-pyrrole nitrogens is 3. The van der Waals surface area contributed by atoms with Crippen molar-refractivity contribution < 1.29 is 4.39 Å². The van der Waals surface area contributed by atoms with Crippen molar-refractivity contribution in [3.8, 4) is 0 Å². The lowest BCUT2D eigenvalue weighted by molar-refractivity contribution is 0.527. The van der Waals surface area contributed by atoms with Crippen molar-refractivity contribution in [1.82, 2.24) is 40.1 Å². The second-order valence-corrected chi connectivity index (χ2v) is 29.6. The van der Waals surface area contributed by atoms with Crippen LogP contribution in [-0.2, 0) is 39.5 Å². The summed E-state index contributed by atoms with van der Waals surface area (Å²) in [6.07, 6.45) is 4.12. The molecule has 0 aliphatic carbocycles. The van der Waals surface area contributed by atoms with Gasteiger partial charge in [0, 0.05) is 90.3 Å². The van der Waals surface area contributed by atoms with Gasteiger partial charge in [-0.3, -0.25) is 19.7 Å². The minimum Gasteiger partial charge on any atom is -0.384 e. The van der Waals surface area contributed by atoms with Gasteiger partial charge in [0.05, 0.1) is 27.9 Å². The Bertz CT molecular complexity index is 4310. The van der Waals surface area contributed by atoms with Gasteiger partial charge < -0.3 is 16.0 Å². The number of aromatic nitrogens is 8. The summed E-state index contributed by atoms with van der Waals surface area (Å²) in [5, 5.41) is 30.5. The number of hydrogen-bond acceptors (Lipinski definition) is 7. The second-order valence-electron chi connectivity index (χ2n) is 29.6. The van der Waals surface area contributed by atoms with E-state index in [0.717, 1.165) is 61.1 Å². The SMILES string of the molecule is C=C1C=Cc2cccc(C(C)(C)C)c2N1.CC(C)(C)c1[nH]c(=O)cc2ccccc12.CC(C)(C)c1nc(N)cc2ccccc12.Cc1[nH]nc2c(C(C)(C)C)c(F)ccc12.Cc1ccc2c(C)[nH]nc2c1C(C)(C)C.Cn1nc(C(C)(C)C)c2ccccc21. The average Bonchev–Trinajstić information content (AvgIpc) is 1.89. The number of nitrogen functional groups attached to an aromatic ring is 1. The van der Waals surface area contributed by atoms with Gasteiger partial charge in [-0.1, -0.05) is 234 Å². The molecular weight excluding hydrogens is 1100 g/mol. The molecule has 6 N–H and O–H groups in total. The minimum atomic E-state index is -0.231. The maximum Gasteiger partial charge on any atom is 0.248 e. The fourth-order valence-electron chi connectivity index (χ4n) is 11.4. The topological polar surface area (TPSA) is 159 Å². The average molecular weight is 1200 g/mol. The lowest BCUT2D eigenvalue weighted by Crippen LogP contribution is -2.19. The van der Waals surface area contributed by atoms with Crippen LogP contribution in [-0.4, -0.2) is 40.1 Å². The maximum atomic E-state index is 13.8. The minimum absolute atomic E-state index is 0.0228. The molecule has 0 amide bonds. The Balaban J connectivity index is 0.000000152. The summed E-state index contributed by atoms with van der Waals surface area (Å²) in [4.78, 5) is 18.9. The smallest absolute Gasteiger partial charge is 0.248 e. The van der Waals surface area contributed by atoms with E-state index in [4.69, 9.17) is 5.73 Å². The highest BCUT2D eigenvalue weighted by Crippen LogP contribution is 2.37. The van der Waals surface area contributed by atoms with Crippen LogP contribution in [0.2, 0.25) is 0 Å². The van der Waals surface area contributed by atoms with E-state index in [-0.39, 0.29) is 43.9 Å². The number of aryl methyl sites for hydroxylation is 4. The van der Waals surface area contributed by atoms with Crippen LogP contribution in [0.4, 0.5) is 15.9 Å². The van der Waals surface area contributed by atoms with E-state index in [2.05, 4.69) is 238 Å². The van der Waals surface area contributed by atoms with E-state index in [1.807, 2.05) is 88.0 Å². The summed E-state index contributed by atoms with van der Waals surface area (Å²) >= 11 is 0. The van der Waals surface area contributed by atoms with Crippen molar-refractivity contribution in [1.29, 1.82) is 0 Å². The first-order valence-corrected chi connectivity index (χ1v) is 30.8. The summed E-state index contributed by atoms with van der Waals surface area (Å²) in [5.41, 5.74) is 22.5. The third kappa shape index (κ3) is 16.2. The molecule has 12 rings (SSSR count). The number of pyridine rings is 2. The number of nitrogens with zero attached hydrogens (tertiary/aromatic N) is 5. The second kappa shape index (κ2) is 26.2.